The van der Waals surface area contributed by atoms with Gasteiger partial charge in [0.05, 0.1) is 22.6 Å². The molecule has 1 fully saturated rings. The van der Waals surface area contributed by atoms with Gasteiger partial charge in [0.25, 0.3) is 20.0 Å². The Kier molecular flexibility index (Phi) is 8.02. The zero-order valence-electron chi connectivity index (χ0n) is 22.5. The molecule has 2 N–H and O–H groups in total. The van der Waals surface area contributed by atoms with E-state index in [1.54, 1.807) is 29.8 Å². The third-order valence-electron chi connectivity index (χ3n) is 7.76. The molecule has 1 aliphatic heterocycles. The van der Waals surface area contributed by atoms with Crippen molar-refractivity contribution in [2.75, 3.05) is 15.6 Å². The summed E-state index contributed by atoms with van der Waals surface area (Å²) < 4.78 is 58.6. The topological polar surface area (TPSA) is 113 Å². The summed E-state index contributed by atoms with van der Waals surface area (Å²) in [5.74, 6) is 0.768. The predicted octanol–water partition coefficient (Wildman–Crippen LogP) is 4.42. The van der Waals surface area contributed by atoms with Crippen LogP contribution in [0.1, 0.15) is 56.6 Å². The second-order valence-electron chi connectivity index (χ2n) is 10.8. The van der Waals surface area contributed by atoms with Crippen LogP contribution in [-0.4, -0.2) is 39.0 Å². The molecule has 1 saturated carbocycles. The van der Waals surface area contributed by atoms with Gasteiger partial charge in [-0.2, -0.15) is 8.42 Å². The van der Waals surface area contributed by atoms with E-state index in [1.165, 1.54) is 55.0 Å². The summed E-state index contributed by atoms with van der Waals surface area (Å²) in [6.07, 6.45) is 11.0. The van der Waals surface area contributed by atoms with Gasteiger partial charge in [-0.3, -0.25) is 9.03 Å². The summed E-state index contributed by atoms with van der Waals surface area (Å²) >= 11 is 0. The normalized spacial score (nSPS) is 17.2. The molecule has 0 saturated heterocycles. The fourth-order valence-electron chi connectivity index (χ4n) is 5.67. The average Bonchev–Trinajstić information content (AvgIpc) is 3.55. The molecule has 0 radical (unpaired) electrons. The van der Waals surface area contributed by atoms with Crippen molar-refractivity contribution in [1.82, 2.24) is 14.9 Å². The van der Waals surface area contributed by atoms with Gasteiger partial charge in [-0.05, 0) is 61.1 Å². The number of hydrogen-bond acceptors (Lipinski definition) is 6. The number of imidazole rings is 1. The first-order chi connectivity index (χ1) is 18.6. The van der Waals surface area contributed by atoms with Crippen molar-refractivity contribution in [3.8, 4) is 0 Å². The smallest absolute Gasteiger partial charge is 0.283 e. The molecule has 2 heterocycles. The van der Waals surface area contributed by atoms with Gasteiger partial charge in [0.1, 0.15) is 0 Å². The summed E-state index contributed by atoms with van der Waals surface area (Å²) in [7, 11) is -6.00. The van der Waals surface area contributed by atoms with Gasteiger partial charge >= 0.3 is 0 Å². The number of anilines is 2. The summed E-state index contributed by atoms with van der Waals surface area (Å²) in [4.78, 5) is 4.10. The summed E-state index contributed by atoms with van der Waals surface area (Å²) in [6.45, 7) is 3.00. The number of para-hydroxylation sites is 1. The first kappa shape index (κ1) is 27.7. The number of rotatable bonds is 10. The molecule has 11 heteroatoms. The van der Waals surface area contributed by atoms with Crippen LogP contribution in [0.5, 0.6) is 0 Å². The Morgan fingerprint density at radius 1 is 1.05 bits per heavy atom. The minimum Gasteiger partial charge on any atom is -0.339 e. The van der Waals surface area contributed by atoms with Gasteiger partial charge in [0.2, 0.25) is 0 Å². The van der Waals surface area contributed by atoms with Crippen LogP contribution >= 0.6 is 0 Å². The molecule has 0 spiro atoms. The Balaban J connectivity index is 1.28. The Morgan fingerprint density at radius 2 is 1.82 bits per heavy atom. The van der Waals surface area contributed by atoms with E-state index in [9.17, 15) is 16.8 Å². The monoisotopic (exact) mass is 571 g/mol. The van der Waals surface area contributed by atoms with Crippen molar-refractivity contribution >= 4 is 31.4 Å². The fraction of sp³-hybridized carbons (Fsp3) is 0.464. The average molecular weight is 572 g/mol. The highest BCUT2D eigenvalue weighted by Crippen LogP contribution is 2.34. The minimum atomic E-state index is -3.88. The lowest BCUT2D eigenvalue weighted by Gasteiger charge is -2.25. The van der Waals surface area contributed by atoms with E-state index in [0.717, 1.165) is 17.9 Å². The molecule has 1 unspecified atom stereocenters. The SMILES string of the molecule is CC(CC1CCCCC1)NCc1ccccc1NS(=O)(=O)c1ccc2c(c1)CCN2S(=O)(=O)c1cn(C)cn1. The molecule has 1 atom stereocenters. The standard InChI is InChI=1S/C28H37N5O4S2/c1-21(16-22-8-4-3-5-9-22)29-18-24-10-6-7-11-26(24)31-38(34,35)25-12-13-27-23(17-25)14-15-33(27)39(36,37)28-19-32(2)20-30-28/h6-7,10-13,17,19-22,29,31H,3-5,8-9,14-16,18H2,1-2H3. The van der Waals surface area contributed by atoms with Crippen LogP contribution in [-0.2, 0) is 40.1 Å². The molecule has 0 amide bonds. The molecule has 5 rings (SSSR count). The second kappa shape index (κ2) is 11.3. The van der Waals surface area contributed by atoms with Crippen molar-refractivity contribution in [3.05, 3.63) is 66.1 Å². The molecule has 9 nitrogen and oxygen atoms in total. The molecular weight excluding hydrogens is 534 g/mol. The van der Waals surface area contributed by atoms with E-state index < -0.39 is 20.0 Å². The van der Waals surface area contributed by atoms with Gasteiger partial charge < -0.3 is 9.88 Å². The molecule has 0 bridgehead atoms. The minimum absolute atomic E-state index is 0.0329. The van der Waals surface area contributed by atoms with E-state index in [0.29, 0.717) is 35.9 Å². The van der Waals surface area contributed by atoms with Crippen molar-refractivity contribution < 1.29 is 16.8 Å². The molecule has 39 heavy (non-hydrogen) atoms. The Bertz CT molecular complexity index is 1530. The first-order valence-electron chi connectivity index (χ1n) is 13.6. The number of aryl methyl sites for hydroxylation is 1. The van der Waals surface area contributed by atoms with Gasteiger partial charge in [0.15, 0.2) is 5.03 Å². The number of nitrogens with one attached hydrogen (secondary N) is 2. The second-order valence-corrected chi connectivity index (χ2v) is 14.3. The molecular formula is C28H37N5O4S2. The molecule has 2 aliphatic rings. The number of fused-ring (bicyclic) bond motifs is 1. The van der Waals surface area contributed by atoms with Crippen LogP contribution in [0.25, 0.3) is 0 Å². The third kappa shape index (κ3) is 6.15. The van der Waals surface area contributed by atoms with Crippen LogP contribution in [0, 0.1) is 5.92 Å². The fourth-order valence-corrected chi connectivity index (χ4v) is 8.29. The number of nitrogens with zero attached hydrogens (tertiary/aromatic N) is 3. The summed E-state index contributed by atoms with van der Waals surface area (Å²) in [5.41, 5.74) is 2.57. The third-order valence-corrected chi connectivity index (χ3v) is 10.8. The largest absolute Gasteiger partial charge is 0.339 e. The van der Waals surface area contributed by atoms with Gasteiger partial charge in [-0.25, -0.2) is 13.4 Å². The molecule has 2 aromatic carbocycles. The van der Waals surface area contributed by atoms with E-state index in [4.69, 9.17) is 0 Å². The van der Waals surface area contributed by atoms with Gasteiger partial charge in [-0.15, -0.1) is 0 Å². The summed E-state index contributed by atoms with van der Waals surface area (Å²) in [6, 6.07) is 12.4. The lowest BCUT2D eigenvalue weighted by molar-refractivity contribution is 0.305. The van der Waals surface area contributed by atoms with Gasteiger partial charge in [0, 0.05) is 32.4 Å². The van der Waals surface area contributed by atoms with Crippen LogP contribution in [0.2, 0.25) is 0 Å². The van der Waals surface area contributed by atoms with Crippen molar-refractivity contribution in [2.45, 2.75) is 74.4 Å². The van der Waals surface area contributed by atoms with Crippen LogP contribution < -0.4 is 14.3 Å². The molecule has 3 aromatic rings. The number of sulfonamides is 2. The maximum absolute atomic E-state index is 13.4. The lowest BCUT2D eigenvalue weighted by Crippen LogP contribution is -2.29. The number of aromatic nitrogens is 2. The zero-order valence-corrected chi connectivity index (χ0v) is 24.1. The van der Waals surface area contributed by atoms with E-state index in [2.05, 4.69) is 21.9 Å². The van der Waals surface area contributed by atoms with E-state index in [-0.39, 0.29) is 16.5 Å². The van der Waals surface area contributed by atoms with E-state index in [1.807, 2.05) is 18.2 Å². The van der Waals surface area contributed by atoms with Crippen molar-refractivity contribution in [2.24, 2.45) is 13.0 Å². The van der Waals surface area contributed by atoms with Crippen LogP contribution in [0.4, 0.5) is 11.4 Å². The van der Waals surface area contributed by atoms with Crippen molar-refractivity contribution in [3.63, 3.8) is 0 Å². The number of benzene rings is 2. The van der Waals surface area contributed by atoms with Crippen molar-refractivity contribution in [1.29, 1.82) is 0 Å². The Labute approximate surface area is 231 Å². The predicted molar refractivity (Wildman–Crippen MR) is 153 cm³/mol. The zero-order chi connectivity index (χ0) is 27.6. The van der Waals surface area contributed by atoms with E-state index >= 15 is 0 Å². The van der Waals surface area contributed by atoms with Gasteiger partial charge in [-0.1, -0.05) is 50.3 Å². The maximum Gasteiger partial charge on any atom is 0.283 e. The first-order valence-corrected chi connectivity index (χ1v) is 16.5. The quantitative estimate of drug-likeness (QED) is 0.373. The molecule has 1 aliphatic carbocycles. The Morgan fingerprint density at radius 3 is 2.56 bits per heavy atom. The van der Waals surface area contributed by atoms with Crippen LogP contribution in [0.3, 0.4) is 0 Å². The summed E-state index contributed by atoms with van der Waals surface area (Å²) in [5, 5.41) is 3.54. The lowest BCUT2D eigenvalue weighted by atomic mass is 9.85. The Hall–Kier alpha value is -2.89. The molecule has 1 aromatic heterocycles. The highest BCUT2D eigenvalue weighted by atomic mass is 32.2. The number of hydrogen-bond donors (Lipinski definition) is 2. The molecule has 210 valence electrons. The van der Waals surface area contributed by atoms with Crippen LogP contribution in [0.15, 0.2) is 64.9 Å². The highest BCUT2D eigenvalue weighted by molar-refractivity contribution is 7.93. The highest BCUT2D eigenvalue weighted by Gasteiger charge is 2.33. The maximum atomic E-state index is 13.4.